The molecule has 5 rings (SSSR count). The fourth-order valence-corrected chi connectivity index (χ4v) is 5.12. The van der Waals surface area contributed by atoms with Gasteiger partial charge in [0.1, 0.15) is 23.5 Å². The average Bonchev–Trinajstić information content (AvgIpc) is 3.49. The normalized spacial score (nSPS) is 18.5. The highest BCUT2D eigenvalue weighted by Gasteiger charge is 2.41. The van der Waals surface area contributed by atoms with E-state index >= 15 is 0 Å². The Labute approximate surface area is 193 Å². The Morgan fingerprint density at radius 1 is 1.27 bits per heavy atom. The Morgan fingerprint density at radius 3 is 2.82 bits per heavy atom. The van der Waals surface area contributed by atoms with Gasteiger partial charge in [0.15, 0.2) is 0 Å². The standard InChI is InChI=1S/C25H32N6O2/c1-17-14-27-22-21(17)23(29-16-28-22)31-11-9-25(15-26,10-12-31)24(32)30-18-5-4-8-20(13-18)33-19-6-2-3-7-19/h4-5,8,13-14,16,19H,2-3,6-7,9-12,15,26H2,1H3,(H,30,32)(H,27,28,29). The molecule has 174 valence electrons. The molecule has 3 heterocycles. The second kappa shape index (κ2) is 9.02. The lowest BCUT2D eigenvalue weighted by Gasteiger charge is -2.40. The van der Waals surface area contributed by atoms with Gasteiger partial charge >= 0.3 is 0 Å². The molecule has 8 heteroatoms. The first-order valence-electron chi connectivity index (χ1n) is 11.9. The molecule has 1 aliphatic heterocycles. The maximum atomic E-state index is 13.4. The summed E-state index contributed by atoms with van der Waals surface area (Å²) in [5.74, 6) is 1.71. The van der Waals surface area contributed by atoms with Crippen LogP contribution < -0.4 is 20.7 Å². The van der Waals surface area contributed by atoms with Gasteiger partial charge in [-0.1, -0.05) is 6.07 Å². The predicted octanol–water partition coefficient (Wildman–Crippen LogP) is 3.77. The number of hydrogen-bond acceptors (Lipinski definition) is 6. The molecule has 0 atom stereocenters. The van der Waals surface area contributed by atoms with Crippen LogP contribution in [-0.4, -0.2) is 46.6 Å². The summed E-state index contributed by atoms with van der Waals surface area (Å²) in [4.78, 5) is 27.7. The summed E-state index contributed by atoms with van der Waals surface area (Å²) < 4.78 is 6.10. The van der Waals surface area contributed by atoms with Gasteiger partial charge in [-0.25, -0.2) is 9.97 Å². The predicted molar refractivity (Wildman–Crippen MR) is 130 cm³/mol. The number of H-pyrrole nitrogens is 1. The lowest BCUT2D eigenvalue weighted by atomic mass is 9.77. The van der Waals surface area contributed by atoms with Gasteiger partial charge in [-0.3, -0.25) is 4.79 Å². The van der Waals surface area contributed by atoms with Crippen molar-refractivity contribution in [2.24, 2.45) is 11.1 Å². The summed E-state index contributed by atoms with van der Waals surface area (Å²) in [6, 6.07) is 7.71. The van der Waals surface area contributed by atoms with Crippen molar-refractivity contribution in [3.05, 3.63) is 42.4 Å². The molecule has 2 aliphatic rings. The van der Waals surface area contributed by atoms with Crippen LogP contribution in [0.4, 0.5) is 11.5 Å². The van der Waals surface area contributed by atoms with E-state index in [1.807, 2.05) is 30.5 Å². The minimum absolute atomic E-state index is 0.0201. The maximum Gasteiger partial charge on any atom is 0.232 e. The number of nitrogens with zero attached hydrogens (tertiary/aromatic N) is 3. The molecule has 0 radical (unpaired) electrons. The van der Waals surface area contributed by atoms with E-state index in [2.05, 4.69) is 32.1 Å². The highest BCUT2D eigenvalue weighted by molar-refractivity contribution is 5.96. The third-order valence-electron chi connectivity index (χ3n) is 7.24. The maximum absolute atomic E-state index is 13.4. The summed E-state index contributed by atoms with van der Waals surface area (Å²) in [6.07, 6.45) is 9.82. The van der Waals surface area contributed by atoms with E-state index < -0.39 is 5.41 Å². The van der Waals surface area contributed by atoms with Gasteiger partial charge in [0.2, 0.25) is 5.91 Å². The fourth-order valence-electron chi connectivity index (χ4n) is 5.12. The summed E-state index contributed by atoms with van der Waals surface area (Å²) >= 11 is 0. The molecule has 1 aliphatic carbocycles. The zero-order valence-corrected chi connectivity index (χ0v) is 19.1. The summed E-state index contributed by atoms with van der Waals surface area (Å²) in [5.41, 5.74) is 8.29. The number of fused-ring (bicyclic) bond motifs is 1. The zero-order chi connectivity index (χ0) is 22.8. The number of nitrogens with two attached hydrogens (primary N) is 1. The van der Waals surface area contributed by atoms with Crippen molar-refractivity contribution in [2.45, 2.75) is 51.6 Å². The quantitative estimate of drug-likeness (QED) is 0.530. The summed E-state index contributed by atoms with van der Waals surface area (Å²) in [6.45, 7) is 3.80. The molecule has 1 amide bonds. The molecule has 2 aromatic heterocycles. The molecule has 1 aromatic carbocycles. The minimum Gasteiger partial charge on any atom is -0.490 e. The number of amides is 1. The number of aromatic amines is 1. The summed E-state index contributed by atoms with van der Waals surface area (Å²) in [7, 11) is 0. The number of benzene rings is 1. The first-order valence-corrected chi connectivity index (χ1v) is 11.9. The van der Waals surface area contributed by atoms with E-state index in [4.69, 9.17) is 10.5 Å². The van der Waals surface area contributed by atoms with Gasteiger partial charge in [-0.05, 0) is 63.1 Å². The zero-order valence-electron chi connectivity index (χ0n) is 19.1. The number of carbonyl (C=O) groups is 1. The van der Waals surface area contributed by atoms with E-state index in [9.17, 15) is 4.79 Å². The number of carbonyl (C=O) groups excluding carboxylic acids is 1. The molecule has 1 saturated heterocycles. The van der Waals surface area contributed by atoms with Crippen LogP contribution in [0.25, 0.3) is 11.0 Å². The van der Waals surface area contributed by atoms with Crippen LogP contribution >= 0.6 is 0 Å². The Kier molecular flexibility index (Phi) is 5.93. The third kappa shape index (κ3) is 4.27. The van der Waals surface area contributed by atoms with Gasteiger partial charge in [0.25, 0.3) is 0 Å². The topological polar surface area (TPSA) is 109 Å². The van der Waals surface area contributed by atoms with Crippen molar-refractivity contribution < 1.29 is 9.53 Å². The molecular weight excluding hydrogens is 416 g/mol. The molecule has 0 spiro atoms. The Bertz CT molecular complexity index is 1130. The lowest BCUT2D eigenvalue weighted by Crippen LogP contribution is -2.50. The monoisotopic (exact) mass is 448 g/mol. The number of hydrogen-bond donors (Lipinski definition) is 3. The van der Waals surface area contributed by atoms with Crippen molar-refractivity contribution in [2.75, 3.05) is 29.9 Å². The van der Waals surface area contributed by atoms with Gasteiger partial charge in [-0.15, -0.1) is 0 Å². The van der Waals surface area contributed by atoms with E-state index in [1.165, 1.54) is 12.8 Å². The Morgan fingerprint density at radius 2 is 2.06 bits per heavy atom. The van der Waals surface area contributed by atoms with Gasteiger partial charge in [0, 0.05) is 37.6 Å². The number of aryl methyl sites for hydroxylation is 1. The smallest absolute Gasteiger partial charge is 0.232 e. The molecule has 1 saturated carbocycles. The summed E-state index contributed by atoms with van der Waals surface area (Å²) in [5, 5.41) is 4.15. The molecule has 33 heavy (non-hydrogen) atoms. The van der Waals surface area contributed by atoms with Crippen molar-refractivity contribution in [1.82, 2.24) is 15.0 Å². The van der Waals surface area contributed by atoms with Gasteiger partial charge < -0.3 is 25.7 Å². The van der Waals surface area contributed by atoms with Gasteiger partial charge in [-0.2, -0.15) is 0 Å². The van der Waals surface area contributed by atoms with Crippen molar-refractivity contribution in [1.29, 1.82) is 0 Å². The minimum atomic E-state index is -0.599. The SMILES string of the molecule is Cc1c[nH]c2ncnc(N3CCC(CN)(C(=O)Nc4cccc(OC5CCCC5)c4)CC3)c12. The van der Waals surface area contributed by atoms with Crippen LogP contribution in [0.3, 0.4) is 0 Å². The Balaban J connectivity index is 1.27. The van der Waals surface area contributed by atoms with E-state index in [1.54, 1.807) is 6.33 Å². The largest absolute Gasteiger partial charge is 0.490 e. The van der Waals surface area contributed by atoms with Gasteiger partial charge in [0.05, 0.1) is 16.9 Å². The number of rotatable bonds is 6. The molecule has 3 aromatic rings. The van der Waals surface area contributed by atoms with Crippen LogP contribution in [0.5, 0.6) is 5.75 Å². The van der Waals surface area contributed by atoms with Crippen LogP contribution in [-0.2, 0) is 4.79 Å². The highest BCUT2D eigenvalue weighted by Crippen LogP contribution is 2.36. The van der Waals surface area contributed by atoms with Crippen LogP contribution in [0.2, 0.25) is 0 Å². The lowest BCUT2D eigenvalue weighted by molar-refractivity contribution is -0.126. The second-order valence-corrected chi connectivity index (χ2v) is 9.37. The Hall–Kier alpha value is -3.13. The number of piperidine rings is 1. The second-order valence-electron chi connectivity index (χ2n) is 9.37. The van der Waals surface area contributed by atoms with Crippen molar-refractivity contribution >= 4 is 28.4 Å². The third-order valence-corrected chi connectivity index (χ3v) is 7.24. The molecule has 2 fully saturated rings. The highest BCUT2D eigenvalue weighted by atomic mass is 16.5. The number of aromatic nitrogens is 3. The fraction of sp³-hybridized carbons (Fsp3) is 0.480. The first-order chi connectivity index (χ1) is 16.1. The molecule has 0 bridgehead atoms. The average molecular weight is 449 g/mol. The van der Waals surface area contributed by atoms with E-state index in [-0.39, 0.29) is 12.0 Å². The molecule has 4 N–H and O–H groups in total. The van der Waals surface area contributed by atoms with Crippen molar-refractivity contribution in [3.63, 3.8) is 0 Å². The van der Waals surface area contributed by atoms with E-state index in [0.717, 1.165) is 46.7 Å². The molecular formula is C25H32N6O2. The van der Waals surface area contributed by atoms with Crippen LogP contribution in [0, 0.1) is 12.3 Å². The van der Waals surface area contributed by atoms with Crippen molar-refractivity contribution in [3.8, 4) is 5.75 Å². The first kappa shape index (κ1) is 21.7. The molecule has 0 unspecified atom stereocenters. The number of nitrogens with one attached hydrogen (secondary N) is 2. The van der Waals surface area contributed by atoms with Crippen LogP contribution in [0.15, 0.2) is 36.8 Å². The number of ether oxygens (including phenoxy) is 1. The number of anilines is 2. The van der Waals surface area contributed by atoms with E-state index in [0.29, 0.717) is 32.5 Å². The molecule has 8 nitrogen and oxygen atoms in total. The van der Waals surface area contributed by atoms with Crippen LogP contribution in [0.1, 0.15) is 44.1 Å².